The normalized spacial score (nSPS) is 14.7. The van der Waals surface area contributed by atoms with E-state index >= 15 is 0 Å². The zero-order chi connectivity index (χ0) is 21.2. The Bertz CT molecular complexity index is 615. The predicted molar refractivity (Wildman–Crippen MR) is 99.4 cm³/mol. The van der Waals surface area contributed by atoms with Gasteiger partial charge in [0.1, 0.15) is 0 Å². The lowest BCUT2D eigenvalue weighted by atomic mass is 9.94. The molecule has 1 fully saturated rings. The molecular formula is C19H27F3N2O4. The predicted octanol–water partition coefficient (Wildman–Crippen LogP) is 3.65. The molecule has 0 saturated heterocycles. The summed E-state index contributed by atoms with van der Waals surface area (Å²) in [7, 11) is 2.19. The van der Waals surface area contributed by atoms with Crippen LogP contribution in [0.2, 0.25) is 0 Å². The van der Waals surface area contributed by atoms with Crippen molar-refractivity contribution in [3.05, 3.63) is 29.8 Å². The van der Waals surface area contributed by atoms with Crippen molar-refractivity contribution in [1.29, 1.82) is 0 Å². The smallest absolute Gasteiger partial charge is 0.481 e. The van der Waals surface area contributed by atoms with Gasteiger partial charge in [-0.15, -0.1) is 0 Å². The van der Waals surface area contributed by atoms with Crippen molar-refractivity contribution in [3.8, 4) is 0 Å². The van der Waals surface area contributed by atoms with Crippen molar-refractivity contribution >= 4 is 17.6 Å². The van der Waals surface area contributed by atoms with Gasteiger partial charge >= 0.3 is 18.1 Å². The summed E-state index contributed by atoms with van der Waals surface area (Å²) >= 11 is 0. The van der Waals surface area contributed by atoms with E-state index in [9.17, 15) is 18.0 Å². The van der Waals surface area contributed by atoms with Crippen LogP contribution in [0.25, 0.3) is 0 Å². The van der Waals surface area contributed by atoms with E-state index in [0.29, 0.717) is 12.6 Å². The highest BCUT2D eigenvalue weighted by Gasteiger charge is 2.38. The Kier molecular flexibility index (Phi) is 9.78. The number of carboxylic acids is 2. The number of halogens is 3. The molecule has 2 rings (SSSR count). The van der Waals surface area contributed by atoms with Crippen molar-refractivity contribution in [2.24, 2.45) is 0 Å². The summed E-state index contributed by atoms with van der Waals surface area (Å²) in [6, 6.07) is 9.27. The van der Waals surface area contributed by atoms with Gasteiger partial charge in [-0.2, -0.15) is 13.2 Å². The number of hydrogen-bond acceptors (Lipinski definition) is 4. The molecular weight excluding hydrogens is 377 g/mol. The maximum absolute atomic E-state index is 10.6. The van der Waals surface area contributed by atoms with Crippen LogP contribution in [0.15, 0.2) is 24.3 Å². The molecule has 0 bridgehead atoms. The van der Waals surface area contributed by atoms with Crippen LogP contribution in [-0.4, -0.2) is 48.0 Å². The van der Waals surface area contributed by atoms with Gasteiger partial charge in [-0.25, -0.2) is 4.79 Å². The summed E-state index contributed by atoms with van der Waals surface area (Å²) in [5.41, 5.74) is 2.47. The minimum Gasteiger partial charge on any atom is -0.481 e. The summed E-state index contributed by atoms with van der Waals surface area (Å²) < 4.78 is 31.7. The topological polar surface area (TPSA) is 89.9 Å². The highest BCUT2D eigenvalue weighted by Crippen LogP contribution is 2.26. The fourth-order valence-electron chi connectivity index (χ4n) is 2.96. The number of nitrogens with zero attached hydrogens (tertiary/aromatic N) is 1. The monoisotopic (exact) mass is 404 g/mol. The number of carbonyl (C=O) groups is 2. The number of anilines is 1. The Hall–Kier alpha value is -2.29. The first-order chi connectivity index (χ1) is 13.1. The molecule has 1 aromatic carbocycles. The van der Waals surface area contributed by atoms with Gasteiger partial charge in [-0.1, -0.05) is 31.4 Å². The molecule has 0 spiro atoms. The first-order valence-corrected chi connectivity index (χ1v) is 9.15. The van der Waals surface area contributed by atoms with E-state index in [-0.39, 0.29) is 6.42 Å². The van der Waals surface area contributed by atoms with Gasteiger partial charge in [0.25, 0.3) is 0 Å². The number of alkyl halides is 3. The second-order valence-electron chi connectivity index (χ2n) is 6.69. The fourth-order valence-corrected chi connectivity index (χ4v) is 2.96. The van der Waals surface area contributed by atoms with E-state index in [4.69, 9.17) is 15.0 Å². The maximum atomic E-state index is 10.6. The Morgan fingerprint density at radius 3 is 2.11 bits per heavy atom. The van der Waals surface area contributed by atoms with Crippen LogP contribution in [0.3, 0.4) is 0 Å². The summed E-state index contributed by atoms with van der Waals surface area (Å²) in [6.45, 7) is 1.24. The van der Waals surface area contributed by atoms with Crippen LogP contribution >= 0.6 is 0 Å². The zero-order valence-corrected chi connectivity index (χ0v) is 15.8. The molecule has 0 aromatic heterocycles. The number of aliphatic carboxylic acids is 2. The summed E-state index contributed by atoms with van der Waals surface area (Å²) in [4.78, 5) is 21.7. The Balaban J connectivity index is 0.000000480. The first-order valence-electron chi connectivity index (χ1n) is 9.15. The first kappa shape index (κ1) is 23.7. The van der Waals surface area contributed by atoms with Gasteiger partial charge in [0, 0.05) is 31.9 Å². The van der Waals surface area contributed by atoms with Gasteiger partial charge in [0.2, 0.25) is 0 Å². The van der Waals surface area contributed by atoms with Crippen molar-refractivity contribution in [2.45, 2.75) is 57.3 Å². The lowest BCUT2D eigenvalue weighted by Crippen LogP contribution is -2.33. The minimum atomic E-state index is -5.08. The molecule has 0 heterocycles. The van der Waals surface area contributed by atoms with E-state index in [2.05, 4.69) is 41.5 Å². The van der Waals surface area contributed by atoms with Gasteiger partial charge in [-0.05, 0) is 30.5 Å². The van der Waals surface area contributed by atoms with Gasteiger partial charge in [-0.3, -0.25) is 4.79 Å². The highest BCUT2D eigenvalue weighted by atomic mass is 19.4. The van der Waals surface area contributed by atoms with Crippen molar-refractivity contribution in [3.63, 3.8) is 0 Å². The molecule has 1 aliphatic rings. The molecule has 0 unspecified atom stereocenters. The lowest BCUT2D eigenvalue weighted by molar-refractivity contribution is -0.192. The fraction of sp³-hybridized carbons (Fsp3) is 0.579. The molecule has 3 N–H and O–H groups in total. The average Bonchev–Trinajstić information content (AvgIpc) is 2.65. The van der Waals surface area contributed by atoms with E-state index in [0.717, 1.165) is 6.54 Å². The van der Waals surface area contributed by atoms with Crippen LogP contribution < -0.4 is 10.2 Å². The number of hydrogen-bond donors (Lipinski definition) is 3. The van der Waals surface area contributed by atoms with Crippen LogP contribution in [0.5, 0.6) is 0 Å². The number of benzene rings is 1. The molecule has 0 atom stereocenters. The van der Waals surface area contributed by atoms with Crippen LogP contribution in [-0.2, 0) is 16.1 Å². The number of rotatable bonds is 7. The molecule has 1 saturated carbocycles. The largest absolute Gasteiger partial charge is 0.490 e. The van der Waals surface area contributed by atoms with Gasteiger partial charge < -0.3 is 20.4 Å². The third kappa shape index (κ3) is 9.07. The second-order valence-corrected chi connectivity index (χ2v) is 6.69. The summed E-state index contributed by atoms with van der Waals surface area (Å²) in [5, 5.41) is 18.9. The molecule has 9 heteroatoms. The standard InChI is InChI=1S/C17H26N2O2.C2HF3O2/c1-19(15-5-3-2-4-6-15)16-9-7-14(8-10-16)13-18-12-11-17(20)21;3-2(4,5)1(6)7/h7-10,15,18H,2-6,11-13H2,1H3,(H,20,21);(H,6,7). The SMILES string of the molecule is CN(c1ccc(CNCCC(=O)O)cc1)C1CCCCC1.O=C(O)C(F)(F)F. The Morgan fingerprint density at radius 1 is 1.11 bits per heavy atom. The highest BCUT2D eigenvalue weighted by molar-refractivity contribution is 5.73. The van der Waals surface area contributed by atoms with E-state index < -0.39 is 18.1 Å². The van der Waals surface area contributed by atoms with Crippen LogP contribution in [0, 0.1) is 0 Å². The molecule has 28 heavy (non-hydrogen) atoms. The van der Waals surface area contributed by atoms with Crippen molar-refractivity contribution in [1.82, 2.24) is 5.32 Å². The molecule has 158 valence electrons. The van der Waals surface area contributed by atoms with Crippen molar-refractivity contribution in [2.75, 3.05) is 18.5 Å². The van der Waals surface area contributed by atoms with E-state index in [1.54, 1.807) is 0 Å². The van der Waals surface area contributed by atoms with E-state index in [1.807, 2.05) is 0 Å². The maximum Gasteiger partial charge on any atom is 0.490 e. The second kappa shape index (κ2) is 11.5. The third-order valence-electron chi connectivity index (χ3n) is 4.55. The lowest BCUT2D eigenvalue weighted by Gasteiger charge is -2.33. The zero-order valence-electron chi connectivity index (χ0n) is 15.8. The summed E-state index contributed by atoms with van der Waals surface area (Å²) in [5.74, 6) is -3.51. The quantitative estimate of drug-likeness (QED) is 0.601. The minimum absolute atomic E-state index is 0.169. The Morgan fingerprint density at radius 2 is 1.64 bits per heavy atom. The number of nitrogens with one attached hydrogen (secondary N) is 1. The molecule has 0 amide bonds. The van der Waals surface area contributed by atoms with Crippen LogP contribution in [0.1, 0.15) is 44.1 Å². The average molecular weight is 404 g/mol. The van der Waals surface area contributed by atoms with Crippen molar-refractivity contribution < 1.29 is 33.0 Å². The molecule has 0 aliphatic heterocycles. The molecule has 1 aliphatic carbocycles. The molecule has 1 aromatic rings. The van der Waals surface area contributed by atoms with Gasteiger partial charge in [0.05, 0.1) is 6.42 Å². The van der Waals surface area contributed by atoms with Crippen LogP contribution in [0.4, 0.5) is 18.9 Å². The molecule has 6 nitrogen and oxygen atoms in total. The Labute approximate surface area is 162 Å². The summed E-state index contributed by atoms with van der Waals surface area (Å²) in [6.07, 6.45) is 1.76. The third-order valence-corrected chi connectivity index (χ3v) is 4.55. The van der Waals surface area contributed by atoms with Gasteiger partial charge in [0.15, 0.2) is 0 Å². The number of carboxylic acid groups (broad SMARTS) is 2. The van der Waals surface area contributed by atoms with E-state index in [1.165, 1.54) is 43.4 Å². The molecule has 0 radical (unpaired) electrons.